The highest BCUT2D eigenvalue weighted by molar-refractivity contribution is 7.89. The zero-order chi connectivity index (χ0) is 23.9. The summed E-state index contributed by atoms with van der Waals surface area (Å²) in [6, 6.07) is 10.2. The number of hydrogen-bond donors (Lipinski definition) is 1. The van der Waals surface area contributed by atoms with Crippen LogP contribution < -0.4 is 10.3 Å². The number of nitrogens with one attached hydrogen (secondary N) is 1. The Morgan fingerprint density at radius 2 is 1.85 bits per heavy atom. The molecule has 1 aliphatic heterocycles. The van der Waals surface area contributed by atoms with Crippen molar-refractivity contribution in [3.05, 3.63) is 52.9 Å². The first-order valence-corrected chi connectivity index (χ1v) is 12.7. The van der Waals surface area contributed by atoms with Gasteiger partial charge in [0.1, 0.15) is 17.1 Å². The summed E-state index contributed by atoms with van der Waals surface area (Å²) in [5, 5.41) is 4.31. The minimum Gasteiger partial charge on any atom is -0.493 e. The molecule has 1 aliphatic rings. The molecule has 1 saturated heterocycles. The SMILES string of the molecule is CCOc1ccc(S(=O)(=O)N2CCN(CC)CC2)cc1-c1nc2c(nn3ccccc23)c(=O)[nH]1. The van der Waals surface area contributed by atoms with Crippen LogP contribution in [0, 0.1) is 0 Å². The van der Waals surface area contributed by atoms with Crippen molar-refractivity contribution in [1.29, 1.82) is 0 Å². The number of pyridine rings is 1. The van der Waals surface area contributed by atoms with Gasteiger partial charge in [0.25, 0.3) is 5.56 Å². The Kier molecular flexibility index (Phi) is 5.84. The van der Waals surface area contributed by atoms with Crippen LogP contribution in [-0.4, -0.2) is 76.5 Å². The highest BCUT2D eigenvalue weighted by Gasteiger charge is 2.29. The van der Waals surface area contributed by atoms with E-state index in [1.165, 1.54) is 10.4 Å². The third-order valence-corrected chi connectivity index (χ3v) is 8.00. The van der Waals surface area contributed by atoms with Gasteiger partial charge in [-0.3, -0.25) is 4.79 Å². The van der Waals surface area contributed by atoms with Gasteiger partial charge in [0.2, 0.25) is 10.0 Å². The van der Waals surface area contributed by atoms with Crippen LogP contribution in [0.15, 0.2) is 52.3 Å². The zero-order valence-electron chi connectivity index (χ0n) is 19.1. The third-order valence-electron chi connectivity index (χ3n) is 6.11. The van der Waals surface area contributed by atoms with E-state index in [-0.39, 0.29) is 16.2 Å². The van der Waals surface area contributed by atoms with Crippen molar-refractivity contribution in [2.75, 3.05) is 39.3 Å². The highest BCUT2D eigenvalue weighted by Crippen LogP contribution is 2.32. The smallest absolute Gasteiger partial charge is 0.279 e. The van der Waals surface area contributed by atoms with E-state index >= 15 is 0 Å². The van der Waals surface area contributed by atoms with Gasteiger partial charge in [0.15, 0.2) is 5.52 Å². The Bertz CT molecular complexity index is 1520. The maximum atomic E-state index is 13.4. The second-order valence-electron chi connectivity index (χ2n) is 8.07. The topological polar surface area (TPSA) is 113 Å². The molecule has 0 radical (unpaired) electrons. The molecule has 1 aromatic carbocycles. The predicted molar refractivity (Wildman–Crippen MR) is 129 cm³/mol. The molecule has 0 amide bonds. The molecule has 34 heavy (non-hydrogen) atoms. The maximum Gasteiger partial charge on any atom is 0.279 e. The summed E-state index contributed by atoms with van der Waals surface area (Å²) >= 11 is 0. The Hall–Kier alpha value is -3.28. The van der Waals surface area contributed by atoms with Crippen LogP contribution in [0.5, 0.6) is 5.75 Å². The number of aromatic amines is 1. The van der Waals surface area contributed by atoms with E-state index in [0.29, 0.717) is 55.1 Å². The summed E-state index contributed by atoms with van der Waals surface area (Å²) in [6.07, 6.45) is 1.74. The molecule has 0 bridgehead atoms. The lowest BCUT2D eigenvalue weighted by Gasteiger charge is -2.33. The molecular formula is C23H26N6O4S. The average Bonchev–Trinajstić information content (AvgIpc) is 3.24. The molecule has 178 valence electrons. The number of rotatable bonds is 6. The Labute approximate surface area is 196 Å². The van der Waals surface area contributed by atoms with E-state index in [2.05, 4.69) is 26.9 Å². The summed E-state index contributed by atoms with van der Waals surface area (Å²) in [4.78, 5) is 22.6. The molecule has 0 spiro atoms. The molecule has 4 heterocycles. The van der Waals surface area contributed by atoms with E-state index in [1.807, 2.05) is 25.1 Å². The number of aromatic nitrogens is 4. The first-order chi connectivity index (χ1) is 16.4. The monoisotopic (exact) mass is 482 g/mol. The van der Waals surface area contributed by atoms with Crippen molar-refractivity contribution in [3.63, 3.8) is 0 Å². The molecule has 10 nitrogen and oxygen atoms in total. The number of likely N-dealkylation sites (N-methyl/N-ethyl adjacent to an activating group) is 1. The second-order valence-corrected chi connectivity index (χ2v) is 10.0. The average molecular weight is 483 g/mol. The van der Waals surface area contributed by atoms with E-state index in [9.17, 15) is 13.2 Å². The molecular weight excluding hydrogens is 456 g/mol. The van der Waals surface area contributed by atoms with E-state index in [4.69, 9.17) is 4.74 Å². The molecule has 0 saturated carbocycles. The molecule has 1 fully saturated rings. The van der Waals surface area contributed by atoms with Crippen molar-refractivity contribution < 1.29 is 13.2 Å². The summed E-state index contributed by atoms with van der Waals surface area (Å²) in [5.41, 5.74) is 1.33. The molecule has 5 rings (SSSR count). The van der Waals surface area contributed by atoms with Gasteiger partial charge in [0.05, 0.1) is 22.6 Å². The van der Waals surface area contributed by atoms with Crippen LogP contribution in [0.2, 0.25) is 0 Å². The predicted octanol–water partition coefficient (Wildman–Crippen LogP) is 1.96. The van der Waals surface area contributed by atoms with Crippen LogP contribution in [-0.2, 0) is 10.0 Å². The quantitative estimate of drug-likeness (QED) is 0.447. The summed E-state index contributed by atoms with van der Waals surface area (Å²) < 4.78 is 35.7. The van der Waals surface area contributed by atoms with E-state index < -0.39 is 15.6 Å². The minimum atomic E-state index is -3.72. The van der Waals surface area contributed by atoms with Gasteiger partial charge in [-0.1, -0.05) is 13.0 Å². The molecule has 3 aromatic heterocycles. The van der Waals surface area contributed by atoms with Crippen LogP contribution >= 0.6 is 0 Å². The summed E-state index contributed by atoms with van der Waals surface area (Å²) in [5.74, 6) is 0.670. The van der Waals surface area contributed by atoms with Crippen LogP contribution in [0.1, 0.15) is 13.8 Å². The van der Waals surface area contributed by atoms with Crippen molar-refractivity contribution in [3.8, 4) is 17.1 Å². The summed E-state index contributed by atoms with van der Waals surface area (Å²) in [6.45, 7) is 7.43. The van der Waals surface area contributed by atoms with Gasteiger partial charge in [-0.2, -0.15) is 9.40 Å². The lowest BCUT2D eigenvalue weighted by atomic mass is 10.2. The fraction of sp³-hybridized carbons (Fsp3) is 0.348. The number of nitrogens with zero attached hydrogens (tertiary/aromatic N) is 5. The lowest BCUT2D eigenvalue weighted by molar-refractivity contribution is 0.196. The zero-order valence-corrected chi connectivity index (χ0v) is 19.9. The standard InChI is InChI=1S/C23H26N6O4S/c1-3-27-11-13-28(14-12-27)34(31,32)16-8-9-19(33-4-2)17(15-16)22-24-20-18-7-5-6-10-29(18)26-21(20)23(30)25-22/h5-10,15H,3-4,11-14H2,1-2H3,(H,24,25,30). The molecule has 0 atom stereocenters. The molecule has 0 aliphatic carbocycles. The minimum absolute atomic E-state index is 0.138. The number of fused-ring (bicyclic) bond motifs is 3. The first-order valence-electron chi connectivity index (χ1n) is 11.3. The molecule has 0 unspecified atom stereocenters. The van der Waals surface area contributed by atoms with Gasteiger partial charge >= 0.3 is 0 Å². The largest absolute Gasteiger partial charge is 0.493 e. The van der Waals surface area contributed by atoms with Gasteiger partial charge in [0, 0.05) is 32.4 Å². The number of benzene rings is 1. The molecule has 11 heteroatoms. The number of hydrogen-bond acceptors (Lipinski definition) is 7. The fourth-order valence-corrected chi connectivity index (χ4v) is 5.70. The van der Waals surface area contributed by atoms with E-state index in [0.717, 1.165) is 6.54 Å². The number of sulfonamides is 1. The highest BCUT2D eigenvalue weighted by atomic mass is 32.2. The van der Waals surface area contributed by atoms with Crippen LogP contribution in [0.4, 0.5) is 0 Å². The van der Waals surface area contributed by atoms with Crippen LogP contribution in [0.3, 0.4) is 0 Å². The van der Waals surface area contributed by atoms with Crippen molar-refractivity contribution in [2.45, 2.75) is 18.7 Å². The van der Waals surface area contributed by atoms with Crippen molar-refractivity contribution in [2.24, 2.45) is 0 Å². The van der Waals surface area contributed by atoms with Crippen LogP contribution in [0.25, 0.3) is 27.9 Å². The van der Waals surface area contributed by atoms with E-state index in [1.54, 1.807) is 22.8 Å². The maximum absolute atomic E-state index is 13.4. The first kappa shape index (κ1) is 22.5. The number of piperazine rings is 1. The second kappa shape index (κ2) is 8.82. The van der Waals surface area contributed by atoms with Gasteiger partial charge in [-0.15, -0.1) is 0 Å². The lowest BCUT2D eigenvalue weighted by Crippen LogP contribution is -2.48. The van der Waals surface area contributed by atoms with Gasteiger partial charge < -0.3 is 14.6 Å². The Morgan fingerprint density at radius 1 is 1.06 bits per heavy atom. The van der Waals surface area contributed by atoms with Crippen molar-refractivity contribution >= 4 is 26.6 Å². The molecule has 4 aromatic rings. The number of ether oxygens (including phenoxy) is 1. The van der Waals surface area contributed by atoms with Gasteiger partial charge in [-0.05, 0) is 43.8 Å². The van der Waals surface area contributed by atoms with Crippen molar-refractivity contribution in [1.82, 2.24) is 28.8 Å². The van der Waals surface area contributed by atoms with Gasteiger partial charge in [-0.25, -0.2) is 17.9 Å². The third kappa shape index (κ3) is 3.85. The summed E-state index contributed by atoms with van der Waals surface area (Å²) in [7, 11) is -3.72. The number of H-pyrrole nitrogens is 1. The Morgan fingerprint density at radius 3 is 2.59 bits per heavy atom. The molecule has 1 N–H and O–H groups in total. The fourth-order valence-electron chi connectivity index (χ4n) is 4.25. The Balaban J connectivity index is 1.62. The normalized spacial score (nSPS) is 15.8.